The van der Waals surface area contributed by atoms with E-state index in [1.807, 2.05) is 13.8 Å². The maximum Gasteiger partial charge on any atom is 0.331 e. The summed E-state index contributed by atoms with van der Waals surface area (Å²) < 4.78 is 16.9. The molecule has 5 fully saturated rings. The Hall–Kier alpha value is -1.11. The van der Waals surface area contributed by atoms with E-state index in [4.69, 9.17) is 14.2 Å². The van der Waals surface area contributed by atoms with Crippen LogP contribution in [0, 0.1) is 28.6 Å². The molecule has 220 valence electrons. The lowest BCUT2D eigenvalue weighted by Gasteiger charge is -2.67. The SMILES string of the molecule is C[C@@H]1O[C@H](O[C@H]2CC[C@]3(C)[C@@H]4[C@H](O)C[C@]5(C)[C@@H](C6=CC(=O)OC6)CC[C@]5(O)[C@H]4CC[C@]3(O)C2)[C@H](O)[C@H](O)[C@@H]1O. The van der Waals surface area contributed by atoms with Gasteiger partial charge in [-0.05, 0) is 75.2 Å². The summed E-state index contributed by atoms with van der Waals surface area (Å²) in [5.74, 6) is -0.893. The first-order valence-electron chi connectivity index (χ1n) is 14.6. The third-order valence-corrected chi connectivity index (χ3v) is 12.2. The molecule has 6 aliphatic rings. The Labute approximate surface area is 229 Å². The van der Waals surface area contributed by atoms with Crippen molar-refractivity contribution in [3.63, 3.8) is 0 Å². The van der Waals surface area contributed by atoms with Gasteiger partial charge in [-0.3, -0.25) is 0 Å². The van der Waals surface area contributed by atoms with Crippen LogP contribution in [0.3, 0.4) is 0 Å². The fraction of sp³-hybridized carbons (Fsp3) is 0.897. The number of hydrogen-bond acceptors (Lipinski definition) is 10. The number of carbonyl (C=O) groups is 1. The van der Waals surface area contributed by atoms with Gasteiger partial charge in [-0.1, -0.05) is 13.8 Å². The van der Waals surface area contributed by atoms with Gasteiger partial charge in [0.2, 0.25) is 0 Å². The largest absolute Gasteiger partial charge is 0.458 e. The van der Waals surface area contributed by atoms with E-state index in [0.717, 1.165) is 12.0 Å². The Bertz CT molecular complexity index is 1030. The van der Waals surface area contributed by atoms with Gasteiger partial charge in [-0.15, -0.1) is 0 Å². The van der Waals surface area contributed by atoms with Crippen LogP contribution in [0.5, 0.6) is 0 Å². The summed E-state index contributed by atoms with van der Waals surface area (Å²) >= 11 is 0. The first kappa shape index (κ1) is 28.0. The molecular weight excluding hydrogens is 508 g/mol. The average Bonchev–Trinajstić information content (AvgIpc) is 3.41. The van der Waals surface area contributed by atoms with Gasteiger partial charge in [0.05, 0.1) is 29.5 Å². The molecule has 6 N–H and O–H groups in total. The van der Waals surface area contributed by atoms with Crippen LogP contribution in [-0.4, -0.2) is 97.3 Å². The van der Waals surface area contributed by atoms with Crippen LogP contribution in [0.4, 0.5) is 0 Å². The molecule has 0 aromatic carbocycles. The quantitative estimate of drug-likeness (QED) is 0.215. The molecule has 10 nitrogen and oxygen atoms in total. The van der Waals surface area contributed by atoms with E-state index >= 15 is 0 Å². The number of rotatable bonds is 3. The molecule has 6 rings (SSSR count). The molecule has 0 radical (unpaired) electrons. The lowest BCUT2D eigenvalue weighted by Crippen LogP contribution is -2.71. The fourth-order valence-corrected chi connectivity index (χ4v) is 9.89. The number of ether oxygens (including phenoxy) is 3. The summed E-state index contributed by atoms with van der Waals surface area (Å²) in [6.07, 6.45) is -1.39. The molecule has 4 aliphatic carbocycles. The minimum Gasteiger partial charge on any atom is -0.458 e. The lowest BCUT2D eigenvalue weighted by molar-refractivity contribution is -0.323. The second-order valence-electron chi connectivity index (χ2n) is 13.8. The second kappa shape index (κ2) is 9.19. The zero-order valence-electron chi connectivity index (χ0n) is 23.0. The molecule has 2 aliphatic heterocycles. The molecule has 2 heterocycles. The van der Waals surface area contributed by atoms with Gasteiger partial charge in [0.15, 0.2) is 6.29 Å². The maximum atomic E-state index is 12.4. The van der Waals surface area contributed by atoms with E-state index in [0.29, 0.717) is 38.5 Å². The Morgan fingerprint density at radius 2 is 1.67 bits per heavy atom. The van der Waals surface area contributed by atoms with Crippen molar-refractivity contribution in [1.82, 2.24) is 0 Å². The number of carbonyl (C=O) groups excluding carboxylic acids is 1. The molecule has 14 atom stereocenters. The number of cyclic esters (lactones) is 1. The smallest absolute Gasteiger partial charge is 0.331 e. The Morgan fingerprint density at radius 3 is 2.36 bits per heavy atom. The highest BCUT2D eigenvalue weighted by atomic mass is 16.7. The van der Waals surface area contributed by atoms with E-state index in [-0.39, 0.29) is 36.8 Å². The van der Waals surface area contributed by atoms with Gasteiger partial charge in [0.1, 0.15) is 24.9 Å². The highest BCUT2D eigenvalue weighted by Gasteiger charge is 2.72. The number of fused-ring (bicyclic) bond motifs is 5. The molecule has 0 aromatic heterocycles. The number of hydrogen-bond donors (Lipinski definition) is 6. The Kier molecular flexibility index (Phi) is 6.61. The first-order valence-corrected chi connectivity index (χ1v) is 14.6. The standard InChI is InChI=1S/C29H44O10/c1-14-22(32)23(33)24(34)25(38-14)39-16-4-7-26(2)21-18(5-8-28(26,35)11-16)29(36)9-6-17(15-10-20(31)37-13-15)27(29,3)12-19(21)30/h10,14,16-19,21-25,30,32-36H,4-9,11-13H2,1-3H3/t14-,16-,17+,18-,19+,21-,22+,23+,24+,25+,26+,27+,28-,29-/m0/s1. The van der Waals surface area contributed by atoms with Crippen molar-refractivity contribution in [3.05, 3.63) is 11.6 Å². The third-order valence-electron chi connectivity index (χ3n) is 12.2. The van der Waals surface area contributed by atoms with Crippen molar-refractivity contribution in [1.29, 1.82) is 0 Å². The first-order chi connectivity index (χ1) is 18.2. The molecule has 1 saturated heterocycles. The van der Waals surface area contributed by atoms with Gasteiger partial charge < -0.3 is 44.8 Å². The molecule has 39 heavy (non-hydrogen) atoms. The minimum atomic E-state index is -1.41. The van der Waals surface area contributed by atoms with Crippen LogP contribution in [0.15, 0.2) is 11.6 Å². The Balaban J connectivity index is 1.22. The molecule has 10 heteroatoms. The van der Waals surface area contributed by atoms with Gasteiger partial charge in [-0.2, -0.15) is 0 Å². The van der Waals surface area contributed by atoms with E-state index in [1.54, 1.807) is 13.0 Å². The monoisotopic (exact) mass is 552 g/mol. The van der Waals surface area contributed by atoms with Gasteiger partial charge in [0.25, 0.3) is 0 Å². The van der Waals surface area contributed by atoms with Crippen molar-refractivity contribution in [3.8, 4) is 0 Å². The van der Waals surface area contributed by atoms with Crippen molar-refractivity contribution in [2.75, 3.05) is 6.61 Å². The zero-order chi connectivity index (χ0) is 28.1. The third kappa shape index (κ3) is 3.86. The molecule has 0 bridgehead atoms. The van der Waals surface area contributed by atoms with Crippen molar-refractivity contribution in [2.45, 2.75) is 126 Å². The maximum absolute atomic E-state index is 12.4. The average molecular weight is 553 g/mol. The summed E-state index contributed by atoms with van der Waals surface area (Å²) in [6.45, 7) is 5.92. The highest BCUT2D eigenvalue weighted by molar-refractivity contribution is 5.85. The predicted octanol–water partition coefficient (Wildman–Crippen LogP) is 0.542. The molecular formula is C29H44O10. The summed E-state index contributed by atoms with van der Waals surface area (Å²) in [5.41, 5.74) is -2.54. The van der Waals surface area contributed by atoms with Crippen LogP contribution in [0.1, 0.15) is 72.1 Å². The normalized spacial score (nSPS) is 57.3. The fourth-order valence-electron chi connectivity index (χ4n) is 9.89. The van der Waals surface area contributed by atoms with Crippen molar-refractivity contribution < 1.29 is 49.6 Å². The second-order valence-corrected chi connectivity index (χ2v) is 13.8. The number of aliphatic hydroxyl groups excluding tert-OH is 4. The predicted molar refractivity (Wildman–Crippen MR) is 136 cm³/mol. The summed E-state index contributed by atoms with van der Waals surface area (Å²) in [4.78, 5) is 11.8. The van der Waals surface area contributed by atoms with Crippen LogP contribution in [0.2, 0.25) is 0 Å². The minimum absolute atomic E-state index is 0.0412. The summed E-state index contributed by atoms with van der Waals surface area (Å²) in [7, 11) is 0. The van der Waals surface area contributed by atoms with E-state index < -0.39 is 64.9 Å². The summed E-state index contributed by atoms with van der Waals surface area (Å²) in [5, 5.41) is 66.9. The lowest BCUT2D eigenvalue weighted by atomic mass is 9.41. The van der Waals surface area contributed by atoms with Crippen LogP contribution >= 0.6 is 0 Å². The van der Waals surface area contributed by atoms with Crippen molar-refractivity contribution in [2.24, 2.45) is 28.6 Å². The van der Waals surface area contributed by atoms with Crippen molar-refractivity contribution >= 4 is 5.97 Å². The topological polar surface area (TPSA) is 166 Å². The van der Waals surface area contributed by atoms with Gasteiger partial charge >= 0.3 is 5.97 Å². The molecule has 0 unspecified atom stereocenters. The Morgan fingerprint density at radius 1 is 0.923 bits per heavy atom. The van der Waals surface area contributed by atoms with E-state index in [1.165, 1.54) is 0 Å². The van der Waals surface area contributed by atoms with Gasteiger partial charge in [-0.25, -0.2) is 4.79 Å². The summed E-state index contributed by atoms with van der Waals surface area (Å²) in [6, 6.07) is 0. The van der Waals surface area contributed by atoms with Crippen LogP contribution in [0.25, 0.3) is 0 Å². The van der Waals surface area contributed by atoms with E-state index in [2.05, 4.69) is 0 Å². The number of aliphatic hydroxyl groups is 6. The molecule has 0 aromatic rings. The zero-order valence-corrected chi connectivity index (χ0v) is 23.0. The van der Waals surface area contributed by atoms with E-state index in [9.17, 15) is 35.4 Å². The van der Waals surface area contributed by atoms with Crippen LogP contribution < -0.4 is 0 Å². The molecule has 4 saturated carbocycles. The van der Waals surface area contributed by atoms with Crippen LogP contribution in [-0.2, 0) is 19.0 Å². The highest BCUT2D eigenvalue weighted by Crippen LogP contribution is 2.70. The molecule has 0 amide bonds. The molecule has 0 spiro atoms. The van der Waals surface area contributed by atoms with Gasteiger partial charge in [0, 0.05) is 23.3 Å². The number of esters is 1.